The summed E-state index contributed by atoms with van der Waals surface area (Å²) < 4.78 is 0. The van der Waals surface area contributed by atoms with Crippen LogP contribution in [0.5, 0.6) is 0 Å². The Labute approximate surface area is 143 Å². The molecule has 0 unspecified atom stereocenters. The number of rotatable bonds is 4. The van der Waals surface area contributed by atoms with E-state index in [4.69, 9.17) is 0 Å². The number of fused-ring (bicyclic) bond motifs is 1. The van der Waals surface area contributed by atoms with Crippen LogP contribution in [-0.2, 0) is 11.3 Å². The smallest absolute Gasteiger partial charge is 0.225 e. The molecule has 4 rings (SSSR count). The number of aromatic amines is 1. The lowest BCUT2D eigenvalue weighted by Crippen LogP contribution is -2.50. The quantitative estimate of drug-likeness (QED) is 0.865. The van der Waals surface area contributed by atoms with E-state index < -0.39 is 0 Å². The van der Waals surface area contributed by atoms with E-state index >= 15 is 0 Å². The largest absolute Gasteiger partial charge is 0.396 e. The Morgan fingerprint density at radius 2 is 2.12 bits per heavy atom. The zero-order chi connectivity index (χ0) is 16.9. The molecule has 3 fully saturated rings. The highest BCUT2D eigenvalue weighted by Gasteiger charge is 2.51. The summed E-state index contributed by atoms with van der Waals surface area (Å²) in [6, 6.07) is 0. The molecule has 6 heteroatoms. The molecule has 2 aliphatic heterocycles. The third-order valence-corrected chi connectivity index (χ3v) is 6.36. The summed E-state index contributed by atoms with van der Waals surface area (Å²) in [6.07, 6.45) is 3.17. The van der Waals surface area contributed by atoms with Crippen molar-refractivity contribution in [3.8, 4) is 0 Å². The lowest BCUT2D eigenvalue weighted by Gasteiger charge is -2.43. The molecule has 2 N–H and O–H groups in total. The van der Waals surface area contributed by atoms with Crippen molar-refractivity contribution in [3.63, 3.8) is 0 Å². The molecule has 0 bridgehead atoms. The Morgan fingerprint density at radius 3 is 2.75 bits per heavy atom. The molecule has 0 radical (unpaired) electrons. The molecule has 24 heavy (non-hydrogen) atoms. The molecule has 6 nitrogen and oxygen atoms in total. The van der Waals surface area contributed by atoms with Crippen LogP contribution in [0.15, 0.2) is 0 Å². The van der Waals surface area contributed by atoms with Crippen LogP contribution in [0.1, 0.15) is 36.2 Å². The van der Waals surface area contributed by atoms with Crippen LogP contribution in [0, 0.1) is 31.1 Å². The summed E-state index contributed by atoms with van der Waals surface area (Å²) in [5.74, 6) is 1.03. The zero-order valence-electron chi connectivity index (χ0n) is 14.7. The van der Waals surface area contributed by atoms with E-state index in [0.717, 1.165) is 63.4 Å². The van der Waals surface area contributed by atoms with Crippen molar-refractivity contribution in [1.82, 2.24) is 20.0 Å². The summed E-state index contributed by atoms with van der Waals surface area (Å²) in [4.78, 5) is 16.9. The maximum atomic E-state index is 12.5. The van der Waals surface area contributed by atoms with Gasteiger partial charge in [-0.3, -0.25) is 14.8 Å². The molecule has 0 spiro atoms. The number of carbonyl (C=O) groups is 1. The van der Waals surface area contributed by atoms with Crippen molar-refractivity contribution >= 4 is 5.91 Å². The topological polar surface area (TPSA) is 72.5 Å². The fourth-order valence-corrected chi connectivity index (χ4v) is 4.62. The Hall–Kier alpha value is -1.40. The number of aliphatic hydroxyl groups is 1. The van der Waals surface area contributed by atoms with Crippen LogP contribution < -0.4 is 0 Å². The average Bonchev–Trinajstić information content (AvgIpc) is 3.29. The van der Waals surface area contributed by atoms with Crippen molar-refractivity contribution in [2.75, 3.05) is 32.8 Å². The third-order valence-electron chi connectivity index (χ3n) is 6.36. The first-order valence-corrected chi connectivity index (χ1v) is 9.15. The van der Waals surface area contributed by atoms with Gasteiger partial charge in [0.05, 0.1) is 12.3 Å². The predicted octanol–water partition coefficient (Wildman–Crippen LogP) is 1.08. The molecule has 1 aromatic rings. The molecular weight excluding hydrogens is 304 g/mol. The number of aromatic nitrogens is 2. The summed E-state index contributed by atoms with van der Waals surface area (Å²) in [7, 11) is 0. The number of nitrogens with one attached hydrogen (secondary N) is 1. The van der Waals surface area contributed by atoms with Gasteiger partial charge < -0.3 is 10.0 Å². The van der Waals surface area contributed by atoms with E-state index in [2.05, 4.69) is 22.0 Å². The number of hydrogen-bond acceptors (Lipinski definition) is 4. The molecule has 3 heterocycles. The molecule has 2 atom stereocenters. The first-order chi connectivity index (χ1) is 11.5. The van der Waals surface area contributed by atoms with Crippen molar-refractivity contribution < 1.29 is 9.90 Å². The number of piperidine rings is 1. The molecular formula is C18H28N4O2. The molecule has 1 amide bonds. The fourth-order valence-electron chi connectivity index (χ4n) is 4.62. The van der Waals surface area contributed by atoms with Crippen LogP contribution in [0.25, 0.3) is 0 Å². The van der Waals surface area contributed by atoms with Gasteiger partial charge in [0.2, 0.25) is 5.91 Å². The van der Waals surface area contributed by atoms with E-state index in [9.17, 15) is 9.90 Å². The van der Waals surface area contributed by atoms with Crippen LogP contribution in [-0.4, -0.2) is 63.8 Å². The lowest BCUT2D eigenvalue weighted by atomic mass is 9.74. The average molecular weight is 332 g/mol. The zero-order valence-corrected chi connectivity index (χ0v) is 14.7. The van der Waals surface area contributed by atoms with Gasteiger partial charge in [-0.2, -0.15) is 5.10 Å². The summed E-state index contributed by atoms with van der Waals surface area (Å²) >= 11 is 0. The maximum absolute atomic E-state index is 12.5. The number of nitrogens with zero attached hydrogens (tertiary/aromatic N) is 3. The predicted molar refractivity (Wildman–Crippen MR) is 90.3 cm³/mol. The second kappa shape index (κ2) is 5.85. The lowest BCUT2D eigenvalue weighted by molar-refractivity contribution is -0.132. The molecule has 132 valence electrons. The van der Waals surface area contributed by atoms with Crippen molar-refractivity contribution in [2.45, 2.75) is 39.7 Å². The number of aryl methyl sites for hydroxylation is 2. The Kier molecular flexibility index (Phi) is 3.92. The first kappa shape index (κ1) is 16.1. The normalized spacial score (nSPS) is 30.6. The van der Waals surface area contributed by atoms with Crippen LogP contribution in [0.2, 0.25) is 0 Å². The van der Waals surface area contributed by atoms with Crippen molar-refractivity contribution in [3.05, 3.63) is 17.0 Å². The van der Waals surface area contributed by atoms with Gasteiger partial charge in [0.1, 0.15) is 0 Å². The van der Waals surface area contributed by atoms with E-state index in [1.807, 2.05) is 11.8 Å². The van der Waals surface area contributed by atoms with E-state index in [0.29, 0.717) is 11.8 Å². The van der Waals surface area contributed by atoms with Gasteiger partial charge >= 0.3 is 0 Å². The SMILES string of the molecule is Cc1n[nH]c(C)c1CN1CC[C@H]2CN(C(=O)C3CC3)C[C@@]2(CO)C1. The Morgan fingerprint density at radius 1 is 1.33 bits per heavy atom. The van der Waals surface area contributed by atoms with Gasteiger partial charge in [-0.1, -0.05) is 0 Å². The molecule has 1 saturated carbocycles. The highest BCUT2D eigenvalue weighted by molar-refractivity contribution is 5.81. The van der Waals surface area contributed by atoms with Crippen LogP contribution in [0.3, 0.4) is 0 Å². The minimum absolute atomic E-state index is 0.144. The molecule has 1 aliphatic carbocycles. The van der Waals surface area contributed by atoms with E-state index in [-0.39, 0.29) is 17.9 Å². The molecule has 2 saturated heterocycles. The van der Waals surface area contributed by atoms with Gasteiger partial charge in [0.15, 0.2) is 0 Å². The highest BCUT2D eigenvalue weighted by atomic mass is 16.3. The van der Waals surface area contributed by atoms with Crippen LogP contribution >= 0.6 is 0 Å². The maximum Gasteiger partial charge on any atom is 0.225 e. The van der Waals surface area contributed by atoms with Crippen molar-refractivity contribution in [2.24, 2.45) is 17.3 Å². The van der Waals surface area contributed by atoms with Gasteiger partial charge in [-0.25, -0.2) is 0 Å². The minimum atomic E-state index is -0.144. The molecule has 3 aliphatic rings. The van der Waals surface area contributed by atoms with Gasteiger partial charge in [0, 0.05) is 48.8 Å². The second-order valence-electron chi connectivity index (χ2n) is 8.12. The van der Waals surface area contributed by atoms with E-state index in [1.165, 1.54) is 5.56 Å². The Bertz CT molecular complexity index is 619. The summed E-state index contributed by atoms with van der Waals surface area (Å²) in [5, 5.41) is 17.5. The minimum Gasteiger partial charge on any atom is -0.396 e. The number of likely N-dealkylation sites (tertiary alicyclic amines) is 2. The molecule has 1 aromatic heterocycles. The fraction of sp³-hybridized carbons (Fsp3) is 0.778. The van der Waals surface area contributed by atoms with Gasteiger partial charge in [0.25, 0.3) is 0 Å². The number of carbonyl (C=O) groups excluding carboxylic acids is 1. The van der Waals surface area contributed by atoms with Crippen molar-refractivity contribution in [1.29, 1.82) is 0 Å². The van der Waals surface area contributed by atoms with E-state index in [1.54, 1.807) is 0 Å². The summed E-state index contributed by atoms with van der Waals surface area (Å²) in [5.41, 5.74) is 3.31. The number of hydrogen-bond donors (Lipinski definition) is 2. The van der Waals surface area contributed by atoms with Gasteiger partial charge in [-0.15, -0.1) is 0 Å². The number of aliphatic hydroxyl groups excluding tert-OH is 1. The first-order valence-electron chi connectivity index (χ1n) is 9.15. The van der Waals surface area contributed by atoms with Gasteiger partial charge in [-0.05, 0) is 45.6 Å². The molecule has 0 aromatic carbocycles. The number of H-pyrrole nitrogens is 1. The monoisotopic (exact) mass is 332 g/mol. The highest BCUT2D eigenvalue weighted by Crippen LogP contribution is 2.44. The standard InChI is InChI=1S/C18H28N4O2/c1-12-16(13(2)20-19-12)8-21-6-5-15-7-22(17(24)14-3-4-14)10-18(15,9-21)11-23/h14-15,23H,3-11H2,1-2H3,(H,19,20)/t15-,18+/m0/s1. The third kappa shape index (κ3) is 2.65. The summed E-state index contributed by atoms with van der Waals surface area (Å²) in [6.45, 7) is 8.62. The Balaban J connectivity index is 1.48. The van der Waals surface area contributed by atoms with Crippen LogP contribution in [0.4, 0.5) is 0 Å². The second-order valence-corrected chi connectivity index (χ2v) is 8.12. The number of amides is 1.